The first-order valence-electron chi connectivity index (χ1n) is 13.3. The SMILES string of the molecule is O=S(=O)(c1ccc(F)cc1)N(CCC(c1ccccc1)c1ccccc1)Cc1nncn1CC#Cc1ccccc1. The molecule has 4 aromatic carbocycles. The van der Waals surface area contributed by atoms with Gasteiger partial charge in [0, 0.05) is 18.0 Å². The van der Waals surface area contributed by atoms with E-state index in [1.165, 1.54) is 16.4 Å². The normalized spacial score (nSPS) is 11.4. The van der Waals surface area contributed by atoms with Crippen molar-refractivity contribution < 1.29 is 12.8 Å². The van der Waals surface area contributed by atoms with E-state index in [0.717, 1.165) is 28.8 Å². The maximum absolute atomic E-state index is 13.9. The van der Waals surface area contributed by atoms with E-state index in [1.807, 2.05) is 66.7 Å². The van der Waals surface area contributed by atoms with Crippen LogP contribution < -0.4 is 0 Å². The van der Waals surface area contributed by atoms with Gasteiger partial charge in [-0.15, -0.1) is 10.2 Å². The lowest BCUT2D eigenvalue weighted by Gasteiger charge is -2.25. The first kappa shape index (κ1) is 28.0. The summed E-state index contributed by atoms with van der Waals surface area (Å²) in [6.07, 6.45) is 2.07. The molecule has 0 unspecified atom stereocenters. The highest BCUT2D eigenvalue weighted by molar-refractivity contribution is 7.89. The van der Waals surface area contributed by atoms with Crippen LogP contribution in [0.3, 0.4) is 0 Å². The van der Waals surface area contributed by atoms with Crippen molar-refractivity contribution in [3.05, 3.63) is 150 Å². The molecule has 0 fully saturated rings. The molecule has 0 aliphatic carbocycles. The molecule has 0 spiro atoms. The minimum Gasteiger partial charge on any atom is -0.305 e. The lowest BCUT2D eigenvalue weighted by molar-refractivity contribution is 0.378. The largest absolute Gasteiger partial charge is 0.305 e. The van der Waals surface area contributed by atoms with Crippen molar-refractivity contribution in [2.45, 2.75) is 30.3 Å². The highest BCUT2D eigenvalue weighted by Crippen LogP contribution is 2.29. The summed E-state index contributed by atoms with van der Waals surface area (Å²) in [5, 5.41) is 8.26. The first-order chi connectivity index (χ1) is 20.0. The van der Waals surface area contributed by atoms with E-state index < -0.39 is 15.8 Å². The quantitative estimate of drug-likeness (QED) is 0.199. The Morgan fingerprint density at radius 3 is 2.00 bits per heavy atom. The monoisotopic (exact) mass is 564 g/mol. The molecule has 0 saturated heterocycles. The standard InChI is InChI=1S/C33H29FN4O2S/c34-30-18-20-31(21-19-30)41(39,40)38(24-22-32(28-14-6-2-7-15-28)29-16-8-3-9-17-29)25-33-36-35-26-37(33)23-10-13-27-11-4-1-5-12-27/h1-9,11-12,14-21,26,32H,22-25H2. The van der Waals surface area contributed by atoms with Gasteiger partial charge in [0.1, 0.15) is 18.0 Å². The maximum atomic E-state index is 13.9. The average Bonchev–Trinajstić information content (AvgIpc) is 3.45. The second-order valence-corrected chi connectivity index (χ2v) is 11.4. The number of hydrogen-bond acceptors (Lipinski definition) is 4. The van der Waals surface area contributed by atoms with Gasteiger partial charge in [0.05, 0.1) is 18.0 Å². The van der Waals surface area contributed by atoms with Crippen LogP contribution in [0.4, 0.5) is 4.39 Å². The number of hydrogen-bond donors (Lipinski definition) is 0. The molecule has 206 valence electrons. The summed E-state index contributed by atoms with van der Waals surface area (Å²) < 4.78 is 44.6. The van der Waals surface area contributed by atoms with Crippen LogP contribution >= 0.6 is 0 Å². The molecule has 0 saturated carbocycles. The molecule has 0 aliphatic heterocycles. The van der Waals surface area contributed by atoms with E-state index in [2.05, 4.69) is 46.3 Å². The lowest BCUT2D eigenvalue weighted by atomic mass is 9.88. The molecule has 0 N–H and O–H groups in total. The highest BCUT2D eigenvalue weighted by Gasteiger charge is 2.28. The molecule has 5 aromatic rings. The number of halogens is 1. The topological polar surface area (TPSA) is 68.1 Å². The van der Waals surface area contributed by atoms with Gasteiger partial charge in [0.2, 0.25) is 10.0 Å². The first-order valence-corrected chi connectivity index (χ1v) is 14.7. The Balaban J connectivity index is 1.43. The molecule has 0 bridgehead atoms. The predicted octanol–water partition coefficient (Wildman–Crippen LogP) is 5.88. The van der Waals surface area contributed by atoms with E-state index in [-0.39, 0.29) is 23.9 Å². The van der Waals surface area contributed by atoms with Crippen molar-refractivity contribution in [1.29, 1.82) is 0 Å². The number of rotatable bonds is 10. The van der Waals surface area contributed by atoms with Gasteiger partial charge >= 0.3 is 0 Å². The second-order valence-electron chi connectivity index (χ2n) is 9.50. The molecule has 0 aliphatic rings. The minimum absolute atomic E-state index is 0.0109. The molecule has 0 atom stereocenters. The van der Waals surface area contributed by atoms with Crippen molar-refractivity contribution in [1.82, 2.24) is 19.1 Å². The smallest absolute Gasteiger partial charge is 0.243 e. The van der Waals surface area contributed by atoms with Gasteiger partial charge in [-0.25, -0.2) is 12.8 Å². The molecule has 1 heterocycles. The summed E-state index contributed by atoms with van der Waals surface area (Å²) in [5.74, 6) is 6.16. The summed E-state index contributed by atoms with van der Waals surface area (Å²) in [7, 11) is -3.98. The third-order valence-electron chi connectivity index (χ3n) is 6.79. The van der Waals surface area contributed by atoms with Gasteiger partial charge in [-0.3, -0.25) is 0 Å². The fraction of sp³-hybridized carbons (Fsp3) is 0.152. The van der Waals surface area contributed by atoms with Crippen LogP contribution in [-0.4, -0.2) is 34.0 Å². The second kappa shape index (κ2) is 13.2. The Bertz CT molecular complexity index is 1680. The molecule has 0 radical (unpaired) electrons. The summed E-state index contributed by atoms with van der Waals surface area (Å²) in [4.78, 5) is 0.0183. The van der Waals surface area contributed by atoms with Gasteiger partial charge < -0.3 is 4.57 Å². The third-order valence-corrected chi connectivity index (χ3v) is 8.65. The van der Waals surface area contributed by atoms with Crippen molar-refractivity contribution in [2.24, 2.45) is 0 Å². The Morgan fingerprint density at radius 2 is 1.39 bits per heavy atom. The Morgan fingerprint density at radius 1 is 0.805 bits per heavy atom. The molecule has 1 aromatic heterocycles. The molecular weight excluding hydrogens is 535 g/mol. The van der Waals surface area contributed by atoms with E-state index in [0.29, 0.717) is 18.8 Å². The summed E-state index contributed by atoms with van der Waals surface area (Å²) in [6, 6.07) is 34.6. The van der Waals surface area contributed by atoms with Gasteiger partial charge in [-0.05, 0) is 53.9 Å². The maximum Gasteiger partial charge on any atom is 0.243 e. The molecule has 0 amide bonds. The number of benzene rings is 4. The van der Waals surface area contributed by atoms with Crippen LogP contribution in [0, 0.1) is 17.7 Å². The van der Waals surface area contributed by atoms with Gasteiger partial charge in [-0.1, -0.05) is 90.7 Å². The Hall–Kier alpha value is -4.58. The molecule has 6 nitrogen and oxygen atoms in total. The van der Waals surface area contributed by atoms with Crippen LogP contribution in [0.2, 0.25) is 0 Å². The minimum atomic E-state index is -3.98. The molecule has 5 rings (SSSR count). The van der Waals surface area contributed by atoms with Gasteiger partial charge in [0.25, 0.3) is 0 Å². The van der Waals surface area contributed by atoms with E-state index in [4.69, 9.17) is 0 Å². The fourth-order valence-electron chi connectivity index (χ4n) is 4.65. The number of nitrogens with zero attached hydrogens (tertiary/aromatic N) is 4. The van der Waals surface area contributed by atoms with Crippen LogP contribution in [0.15, 0.2) is 126 Å². The van der Waals surface area contributed by atoms with E-state index in [9.17, 15) is 12.8 Å². The molecular formula is C33H29FN4O2S. The zero-order valence-electron chi connectivity index (χ0n) is 22.3. The highest BCUT2D eigenvalue weighted by atomic mass is 32.2. The van der Waals surface area contributed by atoms with Gasteiger partial charge in [-0.2, -0.15) is 4.31 Å². The summed E-state index contributed by atoms with van der Waals surface area (Å²) >= 11 is 0. The number of sulfonamides is 1. The van der Waals surface area contributed by atoms with Crippen molar-refractivity contribution in [3.63, 3.8) is 0 Å². The summed E-state index contributed by atoms with van der Waals surface area (Å²) in [5.41, 5.74) is 3.07. The van der Waals surface area contributed by atoms with E-state index >= 15 is 0 Å². The average molecular weight is 565 g/mol. The van der Waals surface area contributed by atoms with Crippen LogP contribution in [0.1, 0.15) is 34.9 Å². The van der Waals surface area contributed by atoms with Crippen LogP contribution in [0.25, 0.3) is 0 Å². The zero-order valence-corrected chi connectivity index (χ0v) is 23.2. The Kier molecular flexibility index (Phi) is 8.99. The van der Waals surface area contributed by atoms with Crippen molar-refractivity contribution in [2.75, 3.05) is 6.54 Å². The van der Waals surface area contributed by atoms with Crippen LogP contribution in [0.5, 0.6) is 0 Å². The number of aromatic nitrogens is 3. The predicted molar refractivity (Wildman–Crippen MR) is 157 cm³/mol. The zero-order chi connectivity index (χ0) is 28.5. The Labute approximate surface area is 240 Å². The fourth-order valence-corrected chi connectivity index (χ4v) is 6.06. The van der Waals surface area contributed by atoms with Crippen LogP contribution in [-0.2, 0) is 23.1 Å². The lowest BCUT2D eigenvalue weighted by Crippen LogP contribution is -2.33. The van der Waals surface area contributed by atoms with Crippen molar-refractivity contribution in [3.8, 4) is 11.8 Å². The van der Waals surface area contributed by atoms with Gasteiger partial charge in [0.15, 0.2) is 0 Å². The van der Waals surface area contributed by atoms with Crippen molar-refractivity contribution >= 4 is 10.0 Å². The molecule has 8 heteroatoms. The molecule has 41 heavy (non-hydrogen) atoms. The van der Waals surface area contributed by atoms with E-state index in [1.54, 1.807) is 10.9 Å². The third kappa shape index (κ3) is 7.14. The summed E-state index contributed by atoms with van der Waals surface area (Å²) in [6.45, 7) is 0.498.